The van der Waals surface area contributed by atoms with Gasteiger partial charge in [-0.25, -0.2) is 0 Å². The average Bonchev–Trinajstić information content (AvgIpc) is 2.72. The Hall–Kier alpha value is 0. The molecule has 2 unspecified atom stereocenters. The van der Waals surface area contributed by atoms with Crippen molar-refractivity contribution in [2.24, 2.45) is 17.8 Å². The molecule has 2 rings (SSSR count). The Morgan fingerprint density at radius 2 is 1.62 bits per heavy atom. The van der Waals surface area contributed by atoms with E-state index < -0.39 is 0 Å². The van der Waals surface area contributed by atoms with Gasteiger partial charge in [-0.3, -0.25) is 0 Å². The van der Waals surface area contributed by atoms with E-state index in [1.807, 2.05) is 0 Å². The number of hydrogen-bond acceptors (Lipinski definition) is 0. The minimum Gasteiger partial charge on any atom is -0.0622 e. The topological polar surface area (TPSA) is 0 Å². The normalized spacial score (nSPS) is 35.8. The van der Waals surface area contributed by atoms with E-state index in [2.05, 4.69) is 6.92 Å². The molecule has 0 heteroatoms. The lowest BCUT2D eigenvalue weighted by Gasteiger charge is -2.17. The first-order valence-electron chi connectivity index (χ1n) is 6.36. The maximum atomic E-state index is 2.46. The molecule has 0 aliphatic heterocycles. The molecule has 0 N–H and O–H groups in total. The maximum Gasteiger partial charge on any atom is -0.0388 e. The summed E-state index contributed by atoms with van der Waals surface area (Å²) in [5, 5.41) is 0. The third-order valence-corrected chi connectivity index (χ3v) is 4.46. The first-order chi connectivity index (χ1) is 6.36. The Bertz CT molecular complexity index is 144. The quantitative estimate of drug-likeness (QED) is 0.604. The van der Waals surface area contributed by atoms with Crippen LogP contribution in [0.4, 0.5) is 0 Å². The summed E-state index contributed by atoms with van der Waals surface area (Å²) in [5.41, 5.74) is 0. The van der Waals surface area contributed by atoms with Crippen molar-refractivity contribution in [3.8, 4) is 0 Å². The molecule has 0 amide bonds. The van der Waals surface area contributed by atoms with E-state index in [9.17, 15) is 0 Å². The molecule has 2 atom stereocenters. The first kappa shape index (κ1) is 9.55. The van der Waals surface area contributed by atoms with Crippen LogP contribution in [0.25, 0.3) is 0 Å². The zero-order valence-corrected chi connectivity index (χ0v) is 9.10. The highest BCUT2D eigenvalue weighted by atomic mass is 14.3. The monoisotopic (exact) mass is 180 g/mol. The largest absolute Gasteiger partial charge is 0.0622 e. The van der Waals surface area contributed by atoms with E-state index in [0.29, 0.717) is 0 Å². The van der Waals surface area contributed by atoms with Gasteiger partial charge in [0.1, 0.15) is 0 Å². The Morgan fingerprint density at radius 3 is 2.23 bits per heavy atom. The molecule has 0 radical (unpaired) electrons. The minimum absolute atomic E-state index is 1.04. The van der Waals surface area contributed by atoms with E-state index in [1.54, 1.807) is 25.7 Å². The lowest BCUT2D eigenvalue weighted by molar-refractivity contribution is 0.343. The van der Waals surface area contributed by atoms with Crippen molar-refractivity contribution in [2.45, 2.75) is 64.7 Å². The first-order valence-corrected chi connectivity index (χ1v) is 6.36. The van der Waals surface area contributed by atoms with Crippen LogP contribution in [-0.4, -0.2) is 0 Å². The summed E-state index contributed by atoms with van der Waals surface area (Å²) in [6.45, 7) is 2.46. The van der Waals surface area contributed by atoms with Gasteiger partial charge < -0.3 is 0 Å². The average molecular weight is 180 g/mol. The van der Waals surface area contributed by atoms with Gasteiger partial charge in [0.05, 0.1) is 0 Å². The van der Waals surface area contributed by atoms with Crippen molar-refractivity contribution in [3.05, 3.63) is 0 Å². The highest BCUT2D eigenvalue weighted by Gasteiger charge is 2.24. The van der Waals surface area contributed by atoms with Crippen LogP contribution in [0.1, 0.15) is 64.7 Å². The van der Waals surface area contributed by atoms with E-state index >= 15 is 0 Å². The van der Waals surface area contributed by atoms with Crippen LogP contribution in [0.5, 0.6) is 0 Å². The molecular formula is C13H24. The van der Waals surface area contributed by atoms with E-state index in [0.717, 1.165) is 17.8 Å². The Labute approximate surface area is 83.1 Å². The Kier molecular flexibility index (Phi) is 3.29. The van der Waals surface area contributed by atoms with Gasteiger partial charge in [-0.1, -0.05) is 58.3 Å². The van der Waals surface area contributed by atoms with Crippen molar-refractivity contribution in [2.75, 3.05) is 0 Å². The molecule has 0 aromatic carbocycles. The molecule has 0 bridgehead atoms. The zero-order valence-electron chi connectivity index (χ0n) is 9.10. The summed E-state index contributed by atoms with van der Waals surface area (Å²) < 4.78 is 0. The summed E-state index contributed by atoms with van der Waals surface area (Å²) in [6.07, 6.45) is 13.8. The van der Waals surface area contributed by atoms with Crippen molar-refractivity contribution < 1.29 is 0 Å². The molecule has 0 saturated heterocycles. The second kappa shape index (κ2) is 4.48. The predicted molar refractivity (Wildman–Crippen MR) is 57.7 cm³/mol. The Balaban J connectivity index is 1.66. The number of rotatable bonds is 3. The Morgan fingerprint density at radius 1 is 0.846 bits per heavy atom. The molecule has 2 fully saturated rings. The van der Waals surface area contributed by atoms with Gasteiger partial charge in [0.25, 0.3) is 0 Å². The van der Waals surface area contributed by atoms with E-state index in [4.69, 9.17) is 0 Å². The summed E-state index contributed by atoms with van der Waals surface area (Å²) in [6, 6.07) is 0. The van der Waals surface area contributed by atoms with Crippen LogP contribution >= 0.6 is 0 Å². The van der Waals surface area contributed by atoms with Gasteiger partial charge in [-0.2, -0.15) is 0 Å². The third-order valence-electron chi connectivity index (χ3n) is 4.46. The van der Waals surface area contributed by atoms with Gasteiger partial charge in [0, 0.05) is 0 Å². The summed E-state index contributed by atoms with van der Waals surface area (Å²) in [4.78, 5) is 0. The summed E-state index contributed by atoms with van der Waals surface area (Å²) in [5.74, 6) is 3.26. The second-order valence-corrected chi connectivity index (χ2v) is 5.40. The van der Waals surface area contributed by atoms with Gasteiger partial charge in [0.15, 0.2) is 0 Å². The van der Waals surface area contributed by atoms with Gasteiger partial charge in [-0.05, 0) is 24.2 Å². The molecule has 76 valence electrons. The van der Waals surface area contributed by atoms with Crippen molar-refractivity contribution in [1.29, 1.82) is 0 Å². The molecule has 0 spiro atoms. The zero-order chi connectivity index (χ0) is 9.10. The van der Waals surface area contributed by atoms with Crippen LogP contribution in [-0.2, 0) is 0 Å². The lowest BCUT2D eigenvalue weighted by Crippen LogP contribution is -2.06. The fraction of sp³-hybridized carbons (Fsp3) is 1.00. The SMILES string of the molecule is CC1CCCC1CCC1CCCC1. The second-order valence-electron chi connectivity index (χ2n) is 5.40. The molecule has 2 saturated carbocycles. The predicted octanol–water partition coefficient (Wildman–Crippen LogP) is 4.39. The molecule has 0 heterocycles. The highest BCUT2D eigenvalue weighted by molar-refractivity contribution is 4.76. The molecule has 2 aliphatic carbocycles. The third kappa shape index (κ3) is 2.48. The fourth-order valence-corrected chi connectivity index (χ4v) is 3.40. The van der Waals surface area contributed by atoms with E-state index in [-0.39, 0.29) is 0 Å². The highest BCUT2D eigenvalue weighted by Crippen LogP contribution is 2.37. The van der Waals surface area contributed by atoms with Crippen LogP contribution in [0.15, 0.2) is 0 Å². The standard InChI is InChI=1S/C13H24/c1-11-5-4-8-13(11)10-9-12-6-2-3-7-12/h11-13H,2-10H2,1H3. The molecule has 2 aliphatic rings. The van der Waals surface area contributed by atoms with Gasteiger partial charge in [-0.15, -0.1) is 0 Å². The molecular weight excluding hydrogens is 156 g/mol. The van der Waals surface area contributed by atoms with Gasteiger partial charge >= 0.3 is 0 Å². The van der Waals surface area contributed by atoms with Crippen LogP contribution in [0.2, 0.25) is 0 Å². The van der Waals surface area contributed by atoms with Crippen molar-refractivity contribution in [3.63, 3.8) is 0 Å². The van der Waals surface area contributed by atoms with Crippen molar-refractivity contribution >= 4 is 0 Å². The van der Waals surface area contributed by atoms with Gasteiger partial charge in [0.2, 0.25) is 0 Å². The molecule has 0 nitrogen and oxygen atoms in total. The summed E-state index contributed by atoms with van der Waals surface area (Å²) in [7, 11) is 0. The molecule has 13 heavy (non-hydrogen) atoms. The summed E-state index contributed by atoms with van der Waals surface area (Å²) >= 11 is 0. The lowest BCUT2D eigenvalue weighted by atomic mass is 9.89. The smallest absolute Gasteiger partial charge is 0.0388 e. The van der Waals surface area contributed by atoms with Crippen LogP contribution in [0, 0.1) is 17.8 Å². The molecule has 0 aromatic heterocycles. The molecule has 0 aromatic rings. The minimum atomic E-state index is 1.04. The maximum absolute atomic E-state index is 2.46. The van der Waals surface area contributed by atoms with Crippen LogP contribution in [0.3, 0.4) is 0 Å². The van der Waals surface area contributed by atoms with E-state index in [1.165, 1.54) is 32.1 Å². The van der Waals surface area contributed by atoms with Crippen molar-refractivity contribution in [1.82, 2.24) is 0 Å². The fourth-order valence-electron chi connectivity index (χ4n) is 3.40. The van der Waals surface area contributed by atoms with Crippen LogP contribution < -0.4 is 0 Å². The number of hydrogen-bond donors (Lipinski definition) is 0.